The third-order valence-electron chi connectivity index (χ3n) is 2.76. The Morgan fingerprint density at radius 3 is 2.35 bits per heavy atom. The molecule has 2 rings (SSSR count). The van der Waals surface area contributed by atoms with Crippen molar-refractivity contribution in [3.05, 3.63) is 77.9 Å². The molecule has 0 radical (unpaired) electrons. The van der Waals surface area contributed by atoms with Crippen molar-refractivity contribution in [1.82, 2.24) is 0 Å². The molecule has 0 bridgehead atoms. The summed E-state index contributed by atoms with van der Waals surface area (Å²) in [6.45, 7) is 3.67. The number of nitriles is 1. The quantitative estimate of drug-likeness (QED) is 0.482. The van der Waals surface area contributed by atoms with Crippen LogP contribution in [0.2, 0.25) is 0 Å². The third-order valence-corrected chi connectivity index (χ3v) is 2.76. The maximum absolute atomic E-state index is 11.9. The van der Waals surface area contributed by atoms with Gasteiger partial charge in [0.1, 0.15) is 5.75 Å². The highest BCUT2D eigenvalue weighted by Gasteiger charge is 2.08. The molecule has 3 nitrogen and oxygen atoms in total. The number of nitrogens with zero attached hydrogens (tertiary/aromatic N) is 1. The molecule has 20 heavy (non-hydrogen) atoms. The van der Waals surface area contributed by atoms with Crippen molar-refractivity contribution >= 4 is 5.97 Å². The van der Waals surface area contributed by atoms with Gasteiger partial charge in [-0.25, -0.2) is 4.79 Å². The Bertz CT molecular complexity index is 649. The first-order valence-electron chi connectivity index (χ1n) is 6.15. The zero-order chi connectivity index (χ0) is 14.4. The maximum Gasteiger partial charge on any atom is 0.343 e. The molecule has 0 aliphatic heterocycles. The lowest BCUT2D eigenvalue weighted by atomic mass is 10.1. The molecule has 0 amide bonds. The van der Waals surface area contributed by atoms with E-state index in [1.54, 1.807) is 36.4 Å². The van der Waals surface area contributed by atoms with Crippen LogP contribution < -0.4 is 4.74 Å². The van der Waals surface area contributed by atoms with Gasteiger partial charge >= 0.3 is 5.97 Å². The summed E-state index contributed by atoms with van der Waals surface area (Å²) < 4.78 is 5.26. The number of carbonyl (C=O) groups is 1. The molecule has 3 heteroatoms. The van der Waals surface area contributed by atoms with E-state index in [0.717, 1.165) is 12.0 Å². The largest absolute Gasteiger partial charge is 0.423 e. The fourth-order valence-corrected chi connectivity index (χ4v) is 1.71. The predicted molar refractivity (Wildman–Crippen MR) is 76.5 cm³/mol. The van der Waals surface area contributed by atoms with E-state index in [0.29, 0.717) is 16.9 Å². The summed E-state index contributed by atoms with van der Waals surface area (Å²) in [4.78, 5) is 11.9. The number of hydrogen-bond donors (Lipinski definition) is 0. The van der Waals surface area contributed by atoms with E-state index >= 15 is 0 Å². The lowest BCUT2D eigenvalue weighted by Gasteiger charge is -2.05. The Morgan fingerprint density at radius 1 is 1.15 bits per heavy atom. The number of allylic oxidation sites excluding steroid dienone is 1. The van der Waals surface area contributed by atoms with Gasteiger partial charge in [0.25, 0.3) is 0 Å². The SMILES string of the molecule is C=CCc1ccc(OC(=O)c2ccc(C#N)cc2)cc1. The lowest BCUT2D eigenvalue weighted by Crippen LogP contribution is -2.08. The molecule has 0 saturated carbocycles. The first kappa shape index (κ1) is 13.6. The average molecular weight is 263 g/mol. The van der Waals surface area contributed by atoms with Gasteiger partial charge in [-0.05, 0) is 48.4 Å². The zero-order valence-corrected chi connectivity index (χ0v) is 10.9. The van der Waals surface area contributed by atoms with Gasteiger partial charge in [-0.15, -0.1) is 6.58 Å². The molecule has 0 heterocycles. The molecule has 0 fully saturated rings. The highest BCUT2D eigenvalue weighted by Crippen LogP contribution is 2.15. The van der Waals surface area contributed by atoms with Gasteiger partial charge in [0.15, 0.2) is 0 Å². The van der Waals surface area contributed by atoms with Crippen LogP contribution in [0.3, 0.4) is 0 Å². The van der Waals surface area contributed by atoms with Crippen LogP contribution in [0, 0.1) is 11.3 Å². The summed E-state index contributed by atoms with van der Waals surface area (Å²) >= 11 is 0. The first-order valence-corrected chi connectivity index (χ1v) is 6.15. The van der Waals surface area contributed by atoms with Crippen LogP contribution >= 0.6 is 0 Å². The second-order valence-electron chi connectivity index (χ2n) is 4.22. The van der Waals surface area contributed by atoms with Crippen molar-refractivity contribution in [2.24, 2.45) is 0 Å². The molecule has 0 aromatic heterocycles. The van der Waals surface area contributed by atoms with E-state index in [2.05, 4.69) is 6.58 Å². The van der Waals surface area contributed by atoms with Crippen molar-refractivity contribution in [1.29, 1.82) is 5.26 Å². The number of esters is 1. The van der Waals surface area contributed by atoms with Gasteiger partial charge in [-0.3, -0.25) is 0 Å². The Morgan fingerprint density at radius 2 is 1.80 bits per heavy atom. The van der Waals surface area contributed by atoms with E-state index < -0.39 is 5.97 Å². The van der Waals surface area contributed by atoms with Crippen molar-refractivity contribution < 1.29 is 9.53 Å². The monoisotopic (exact) mass is 263 g/mol. The normalized spacial score (nSPS) is 9.55. The van der Waals surface area contributed by atoms with E-state index in [-0.39, 0.29) is 0 Å². The minimum atomic E-state index is -0.439. The van der Waals surface area contributed by atoms with Crippen LogP contribution in [-0.2, 0) is 6.42 Å². The van der Waals surface area contributed by atoms with Gasteiger partial charge in [-0.1, -0.05) is 18.2 Å². The van der Waals surface area contributed by atoms with Crippen molar-refractivity contribution in [2.45, 2.75) is 6.42 Å². The van der Waals surface area contributed by atoms with Crippen molar-refractivity contribution in [3.63, 3.8) is 0 Å². The Labute approximate surface area is 117 Å². The summed E-state index contributed by atoms with van der Waals surface area (Å²) in [5.74, 6) is 0.0538. The number of benzene rings is 2. The lowest BCUT2D eigenvalue weighted by molar-refractivity contribution is 0.0734. The summed E-state index contributed by atoms with van der Waals surface area (Å²) in [7, 11) is 0. The standard InChI is InChI=1S/C17H13NO2/c1-2-3-13-6-10-16(11-7-13)20-17(19)15-8-4-14(12-18)5-9-15/h2,4-11H,1,3H2. The maximum atomic E-state index is 11.9. The van der Waals surface area contributed by atoms with E-state index in [1.165, 1.54) is 0 Å². The molecule has 0 saturated heterocycles. The van der Waals surface area contributed by atoms with Gasteiger partial charge in [0, 0.05) is 0 Å². The molecule has 0 unspecified atom stereocenters. The summed E-state index contributed by atoms with van der Waals surface area (Å²) in [6.07, 6.45) is 2.60. The second kappa shape index (κ2) is 6.35. The number of carbonyl (C=O) groups excluding carboxylic acids is 1. The highest BCUT2D eigenvalue weighted by molar-refractivity contribution is 5.91. The molecule has 0 aliphatic rings. The molecule has 0 atom stereocenters. The molecule has 0 aliphatic carbocycles. The number of hydrogen-bond acceptors (Lipinski definition) is 3. The number of rotatable bonds is 4. The summed E-state index contributed by atoms with van der Waals surface area (Å²) in [5.41, 5.74) is 2.03. The number of ether oxygens (including phenoxy) is 1. The first-order chi connectivity index (χ1) is 9.72. The smallest absolute Gasteiger partial charge is 0.343 e. The third kappa shape index (κ3) is 3.33. The molecule has 2 aromatic rings. The Hall–Kier alpha value is -2.86. The van der Waals surface area contributed by atoms with Crippen LogP contribution in [-0.4, -0.2) is 5.97 Å². The molecule has 0 N–H and O–H groups in total. The fraction of sp³-hybridized carbons (Fsp3) is 0.0588. The second-order valence-corrected chi connectivity index (χ2v) is 4.22. The molecule has 0 spiro atoms. The van der Waals surface area contributed by atoms with Gasteiger partial charge in [0.05, 0.1) is 17.2 Å². The fourth-order valence-electron chi connectivity index (χ4n) is 1.71. The zero-order valence-electron chi connectivity index (χ0n) is 10.9. The van der Waals surface area contributed by atoms with E-state index in [9.17, 15) is 4.79 Å². The minimum absolute atomic E-state index is 0.416. The molecular weight excluding hydrogens is 250 g/mol. The van der Waals surface area contributed by atoms with E-state index in [1.807, 2.05) is 24.3 Å². The van der Waals surface area contributed by atoms with Gasteiger partial charge in [-0.2, -0.15) is 5.26 Å². The van der Waals surface area contributed by atoms with Crippen molar-refractivity contribution in [3.8, 4) is 11.8 Å². The van der Waals surface area contributed by atoms with Crippen LogP contribution in [0.1, 0.15) is 21.5 Å². The van der Waals surface area contributed by atoms with Gasteiger partial charge < -0.3 is 4.74 Å². The Kier molecular flexibility index (Phi) is 4.31. The minimum Gasteiger partial charge on any atom is -0.423 e. The van der Waals surface area contributed by atoms with Crippen LogP contribution in [0.15, 0.2) is 61.2 Å². The molecule has 2 aromatic carbocycles. The topological polar surface area (TPSA) is 50.1 Å². The predicted octanol–water partition coefficient (Wildman–Crippen LogP) is 3.51. The molecule has 98 valence electrons. The van der Waals surface area contributed by atoms with Crippen LogP contribution in [0.4, 0.5) is 0 Å². The molecular formula is C17H13NO2. The van der Waals surface area contributed by atoms with Crippen LogP contribution in [0.25, 0.3) is 0 Å². The van der Waals surface area contributed by atoms with Crippen LogP contribution in [0.5, 0.6) is 5.75 Å². The van der Waals surface area contributed by atoms with E-state index in [4.69, 9.17) is 10.00 Å². The average Bonchev–Trinajstić information content (AvgIpc) is 2.49. The van der Waals surface area contributed by atoms with Gasteiger partial charge in [0.2, 0.25) is 0 Å². The van der Waals surface area contributed by atoms with Crippen molar-refractivity contribution in [2.75, 3.05) is 0 Å². The highest BCUT2D eigenvalue weighted by atomic mass is 16.5. The summed E-state index contributed by atoms with van der Waals surface area (Å²) in [6, 6.07) is 15.6. The Balaban J connectivity index is 2.06. The summed E-state index contributed by atoms with van der Waals surface area (Å²) in [5, 5.41) is 8.70.